The fraction of sp³-hybridized carbons (Fsp3) is 0.273. The Kier molecular flexibility index (Phi) is 3.91. The first-order valence-corrected chi connectivity index (χ1v) is 6.25. The fourth-order valence-corrected chi connectivity index (χ4v) is 2.27. The zero-order chi connectivity index (χ0) is 13.8. The van der Waals surface area contributed by atoms with Gasteiger partial charge in [0.1, 0.15) is 10.7 Å². The third-order valence-corrected chi connectivity index (χ3v) is 3.40. The van der Waals surface area contributed by atoms with Gasteiger partial charge in [0.2, 0.25) is 0 Å². The third-order valence-electron chi connectivity index (χ3n) is 2.29. The number of esters is 1. The monoisotopic (exact) mass is 280 g/mol. The number of rotatable bonds is 5. The van der Waals surface area contributed by atoms with E-state index in [-0.39, 0.29) is 16.4 Å². The van der Waals surface area contributed by atoms with Crippen molar-refractivity contribution in [2.24, 2.45) is 0 Å². The zero-order valence-corrected chi connectivity index (χ0v) is 11.2. The summed E-state index contributed by atoms with van der Waals surface area (Å²) >= 11 is 1.12. The van der Waals surface area contributed by atoms with Crippen molar-refractivity contribution < 1.29 is 14.3 Å². The van der Waals surface area contributed by atoms with Gasteiger partial charge in [0.25, 0.3) is 0 Å². The predicted molar refractivity (Wildman–Crippen MR) is 69.4 cm³/mol. The van der Waals surface area contributed by atoms with Gasteiger partial charge in [-0.05, 0) is 0 Å². The molecular weight excluding hydrogens is 268 g/mol. The molecule has 0 bridgehead atoms. The Bertz CT molecular complexity index is 591. The topological polar surface area (TPSA) is 97.0 Å². The molecule has 0 amide bonds. The number of anilines is 1. The molecule has 0 fully saturated rings. The highest BCUT2D eigenvalue weighted by molar-refractivity contribution is 7.17. The SMILES string of the molecule is COC(=O)c1nc(NCc2ncc[nH]2)sc1C(C)=O. The molecule has 0 aromatic carbocycles. The minimum absolute atomic E-state index is 0.0435. The van der Waals surface area contributed by atoms with Crippen LogP contribution < -0.4 is 5.32 Å². The van der Waals surface area contributed by atoms with Crippen molar-refractivity contribution in [1.82, 2.24) is 15.0 Å². The summed E-state index contributed by atoms with van der Waals surface area (Å²) in [6.45, 7) is 1.81. The van der Waals surface area contributed by atoms with Gasteiger partial charge in [0.05, 0.1) is 13.7 Å². The van der Waals surface area contributed by atoms with Crippen LogP contribution in [0.2, 0.25) is 0 Å². The highest BCUT2D eigenvalue weighted by Gasteiger charge is 2.21. The van der Waals surface area contributed by atoms with E-state index in [9.17, 15) is 9.59 Å². The van der Waals surface area contributed by atoms with Crippen LogP contribution in [0.5, 0.6) is 0 Å². The average molecular weight is 280 g/mol. The summed E-state index contributed by atoms with van der Waals surface area (Å²) in [5.74, 6) is -0.101. The summed E-state index contributed by atoms with van der Waals surface area (Å²) in [4.78, 5) is 34.3. The molecule has 0 aliphatic heterocycles. The Morgan fingerprint density at radius 3 is 2.89 bits per heavy atom. The van der Waals surface area contributed by atoms with Crippen LogP contribution >= 0.6 is 11.3 Å². The van der Waals surface area contributed by atoms with Gasteiger partial charge in [-0.1, -0.05) is 11.3 Å². The molecule has 0 aliphatic carbocycles. The van der Waals surface area contributed by atoms with Crippen molar-refractivity contribution in [2.45, 2.75) is 13.5 Å². The number of ketones is 1. The van der Waals surface area contributed by atoms with Gasteiger partial charge >= 0.3 is 5.97 Å². The molecule has 0 saturated carbocycles. The Morgan fingerprint density at radius 1 is 1.53 bits per heavy atom. The summed E-state index contributed by atoms with van der Waals surface area (Å²) in [5.41, 5.74) is 0.0435. The second-order valence-electron chi connectivity index (χ2n) is 3.63. The summed E-state index contributed by atoms with van der Waals surface area (Å²) < 4.78 is 4.60. The maximum atomic E-state index is 11.5. The number of H-pyrrole nitrogens is 1. The number of aromatic amines is 1. The quantitative estimate of drug-likeness (QED) is 0.636. The molecule has 7 nitrogen and oxygen atoms in total. The number of thiazole rings is 1. The predicted octanol–water partition coefficient (Wildman–Crippen LogP) is 1.47. The molecule has 19 heavy (non-hydrogen) atoms. The summed E-state index contributed by atoms with van der Waals surface area (Å²) in [6.07, 6.45) is 3.35. The lowest BCUT2D eigenvalue weighted by molar-refractivity contribution is 0.0591. The van der Waals surface area contributed by atoms with Crippen LogP contribution in [-0.4, -0.2) is 33.8 Å². The number of nitrogens with one attached hydrogen (secondary N) is 2. The van der Waals surface area contributed by atoms with Crippen LogP contribution in [0, 0.1) is 0 Å². The van der Waals surface area contributed by atoms with E-state index in [4.69, 9.17) is 0 Å². The molecule has 0 saturated heterocycles. The van der Waals surface area contributed by atoms with Gasteiger partial charge < -0.3 is 15.0 Å². The highest BCUT2D eigenvalue weighted by Crippen LogP contribution is 2.24. The van der Waals surface area contributed by atoms with E-state index in [2.05, 4.69) is 25.0 Å². The van der Waals surface area contributed by atoms with E-state index in [0.29, 0.717) is 11.7 Å². The van der Waals surface area contributed by atoms with Crippen molar-refractivity contribution in [3.05, 3.63) is 28.8 Å². The Morgan fingerprint density at radius 2 is 2.32 bits per heavy atom. The normalized spacial score (nSPS) is 10.2. The number of hydrogen-bond acceptors (Lipinski definition) is 7. The number of aromatic nitrogens is 3. The molecule has 0 atom stereocenters. The number of methoxy groups -OCH3 is 1. The van der Waals surface area contributed by atoms with Crippen molar-refractivity contribution in [2.75, 3.05) is 12.4 Å². The van der Waals surface area contributed by atoms with Crippen molar-refractivity contribution in [3.63, 3.8) is 0 Å². The van der Waals surface area contributed by atoms with Gasteiger partial charge in [-0.3, -0.25) is 4.79 Å². The Hall–Kier alpha value is -2.22. The van der Waals surface area contributed by atoms with E-state index in [0.717, 1.165) is 17.2 Å². The number of carbonyl (C=O) groups excluding carboxylic acids is 2. The van der Waals surface area contributed by atoms with E-state index in [1.165, 1.54) is 14.0 Å². The maximum Gasteiger partial charge on any atom is 0.358 e. The first-order valence-electron chi connectivity index (χ1n) is 5.44. The number of imidazole rings is 1. The number of hydrogen-bond donors (Lipinski definition) is 2. The fourth-order valence-electron chi connectivity index (χ4n) is 1.42. The standard InChI is InChI=1S/C11H12N4O3S/c1-6(16)9-8(10(17)18-2)15-11(19-9)14-5-7-12-3-4-13-7/h3-4H,5H2,1-2H3,(H,12,13)(H,14,15). The maximum absolute atomic E-state index is 11.5. The van der Waals surface area contributed by atoms with Gasteiger partial charge in [-0.2, -0.15) is 0 Å². The Labute approximate surface area is 113 Å². The first kappa shape index (κ1) is 13.2. The van der Waals surface area contributed by atoms with Gasteiger partial charge in [0.15, 0.2) is 16.6 Å². The lowest BCUT2D eigenvalue weighted by atomic mass is 10.3. The average Bonchev–Trinajstić information content (AvgIpc) is 3.04. The van der Waals surface area contributed by atoms with Crippen molar-refractivity contribution in [3.8, 4) is 0 Å². The molecule has 8 heteroatoms. The van der Waals surface area contributed by atoms with E-state index in [1.807, 2.05) is 0 Å². The molecule has 100 valence electrons. The van der Waals surface area contributed by atoms with E-state index in [1.54, 1.807) is 12.4 Å². The number of Topliss-reactive ketones (excluding diaryl/α,β-unsaturated/α-hetero) is 1. The lowest BCUT2D eigenvalue weighted by Gasteiger charge is -1.98. The molecule has 2 aromatic heterocycles. The van der Waals surface area contributed by atoms with Crippen LogP contribution in [-0.2, 0) is 11.3 Å². The van der Waals surface area contributed by atoms with Crippen LogP contribution in [0.15, 0.2) is 12.4 Å². The van der Waals surface area contributed by atoms with Crippen molar-refractivity contribution in [1.29, 1.82) is 0 Å². The third kappa shape index (κ3) is 2.97. The molecule has 2 rings (SSSR count). The van der Waals surface area contributed by atoms with Crippen LogP contribution in [0.4, 0.5) is 5.13 Å². The minimum Gasteiger partial charge on any atom is -0.464 e. The van der Waals surface area contributed by atoms with E-state index < -0.39 is 5.97 Å². The number of nitrogens with zero attached hydrogens (tertiary/aromatic N) is 2. The second-order valence-corrected chi connectivity index (χ2v) is 4.63. The summed E-state index contributed by atoms with van der Waals surface area (Å²) in [7, 11) is 1.25. The molecule has 0 radical (unpaired) electrons. The molecule has 2 aromatic rings. The molecule has 2 N–H and O–H groups in total. The first-order chi connectivity index (χ1) is 9.11. The van der Waals surface area contributed by atoms with E-state index >= 15 is 0 Å². The lowest BCUT2D eigenvalue weighted by Crippen LogP contribution is -2.07. The van der Waals surface area contributed by atoms with Crippen LogP contribution in [0.3, 0.4) is 0 Å². The molecule has 0 unspecified atom stereocenters. The number of carbonyl (C=O) groups is 2. The smallest absolute Gasteiger partial charge is 0.358 e. The molecule has 2 heterocycles. The minimum atomic E-state index is -0.618. The van der Waals surface area contributed by atoms with Gasteiger partial charge in [-0.25, -0.2) is 14.8 Å². The zero-order valence-electron chi connectivity index (χ0n) is 10.4. The molecule has 0 spiro atoms. The second kappa shape index (κ2) is 5.61. The Balaban J connectivity index is 2.17. The number of ether oxygens (including phenoxy) is 1. The van der Waals surface area contributed by atoms with Gasteiger partial charge in [0, 0.05) is 19.3 Å². The molecular formula is C11H12N4O3S. The summed E-state index contributed by atoms with van der Waals surface area (Å²) in [5, 5.41) is 3.47. The highest BCUT2D eigenvalue weighted by atomic mass is 32.1. The summed E-state index contributed by atoms with van der Waals surface area (Å²) in [6, 6.07) is 0. The molecule has 0 aliphatic rings. The van der Waals surface area contributed by atoms with Crippen LogP contribution in [0.25, 0.3) is 0 Å². The van der Waals surface area contributed by atoms with Crippen LogP contribution in [0.1, 0.15) is 32.9 Å². The van der Waals surface area contributed by atoms with Gasteiger partial charge in [-0.15, -0.1) is 0 Å². The largest absolute Gasteiger partial charge is 0.464 e. The van der Waals surface area contributed by atoms with Crippen molar-refractivity contribution >= 4 is 28.2 Å².